The van der Waals surface area contributed by atoms with E-state index < -0.39 is 10.0 Å². The highest BCUT2D eigenvalue weighted by atomic mass is 32.2. The average Bonchev–Trinajstić information content (AvgIpc) is 2.15. The Balaban J connectivity index is 2.31. The van der Waals surface area contributed by atoms with E-state index in [0.29, 0.717) is 13.2 Å². The standard InChI is InChI=1S/C8H18N2O3S/c1-3-14(11,12)9-6-8-7-10(2)4-5-13-8/h8-9H,3-7H2,1-2H3. The van der Waals surface area contributed by atoms with Crippen molar-refractivity contribution in [3.63, 3.8) is 0 Å². The third kappa shape index (κ3) is 3.91. The van der Waals surface area contributed by atoms with Crippen LogP contribution >= 0.6 is 0 Å². The van der Waals surface area contributed by atoms with Crippen molar-refractivity contribution in [1.82, 2.24) is 9.62 Å². The number of rotatable bonds is 4. The summed E-state index contributed by atoms with van der Waals surface area (Å²) in [6.07, 6.45) is -0.0184. The molecule has 1 rings (SSSR count). The van der Waals surface area contributed by atoms with Gasteiger partial charge in [0.05, 0.1) is 18.5 Å². The van der Waals surface area contributed by atoms with E-state index in [-0.39, 0.29) is 11.9 Å². The Labute approximate surface area is 85.5 Å². The third-order valence-electron chi connectivity index (χ3n) is 2.25. The molecule has 0 radical (unpaired) electrons. The molecule has 0 saturated carbocycles. The molecule has 0 amide bonds. The fourth-order valence-electron chi connectivity index (χ4n) is 1.31. The molecule has 1 fully saturated rings. The van der Waals surface area contributed by atoms with E-state index in [0.717, 1.165) is 13.1 Å². The molecule has 0 bridgehead atoms. The Morgan fingerprint density at radius 3 is 2.86 bits per heavy atom. The molecule has 1 N–H and O–H groups in total. The fourth-order valence-corrected chi connectivity index (χ4v) is 1.96. The second-order valence-electron chi connectivity index (χ2n) is 3.51. The van der Waals surface area contributed by atoms with Crippen molar-refractivity contribution in [3.05, 3.63) is 0 Å². The van der Waals surface area contributed by atoms with Crippen molar-refractivity contribution in [1.29, 1.82) is 0 Å². The monoisotopic (exact) mass is 222 g/mol. The predicted molar refractivity (Wildman–Crippen MR) is 54.7 cm³/mol. The normalized spacial score (nSPS) is 25.1. The van der Waals surface area contributed by atoms with E-state index >= 15 is 0 Å². The van der Waals surface area contributed by atoms with Crippen molar-refractivity contribution in [2.75, 3.05) is 39.0 Å². The van der Waals surface area contributed by atoms with Crippen LogP contribution in [-0.4, -0.2) is 58.5 Å². The summed E-state index contributed by atoms with van der Waals surface area (Å²) in [5.41, 5.74) is 0. The van der Waals surface area contributed by atoms with Crippen molar-refractivity contribution in [2.45, 2.75) is 13.0 Å². The number of hydrogen-bond acceptors (Lipinski definition) is 4. The molecule has 0 aliphatic carbocycles. The average molecular weight is 222 g/mol. The van der Waals surface area contributed by atoms with Gasteiger partial charge in [0.2, 0.25) is 10.0 Å². The Morgan fingerprint density at radius 2 is 2.29 bits per heavy atom. The number of sulfonamides is 1. The quantitative estimate of drug-likeness (QED) is 0.680. The molecule has 1 aliphatic heterocycles. The smallest absolute Gasteiger partial charge is 0.211 e. The summed E-state index contributed by atoms with van der Waals surface area (Å²) >= 11 is 0. The minimum Gasteiger partial charge on any atom is -0.374 e. The van der Waals surface area contributed by atoms with E-state index in [1.807, 2.05) is 7.05 Å². The Kier molecular flexibility index (Phi) is 4.31. The summed E-state index contributed by atoms with van der Waals surface area (Å²) in [5, 5.41) is 0. The molecule has 0 aromatic carbocycles. The van der Waals surface area contributed by atoms with Crippen LogP contribution in [0.3, 0.4) is 0 Å². The minimum atomic E-state index is -3.08. The van der Waals surface area contributed by atoms with Gasteiger partial charge < -0.3 is 9.64 Å². The summed E-state index contributed by atoms with van der Waals surface area (Å²) < 4.78 is 30.2. The van der Waals surface area contributed by atoms with Gasteiger partial charge in [0.25, 0.3) is 0 Å². The van der Waals surface area contributed by atoms with Crippen LogP contribution in [0.15, 0.2) is 0 Å². The molecule has 14 heavy (non-hydrogen) atoms. The lowest BCUT2D eigenvalue weighted by Gasteiger charge is -2.29. The molecule has 1 unspecified atom stereocenters. The zero-order valence-electron chi connectivity index (χ0n) is 8.69. The van der Waals surface area contributed by atoms with Crippen LogP contribution in [0.4, 0.5) is 0 Å². The third-order valence-corrected chi connectivity index (χ3v) is 3.62. The van der Waals surface area contributed by atoms with Crippen molar-refractivity contribution >= 4 is 10.0 Å². The summed E-state index contributed by atoms with van der Waals surface area (Å²) in [6.45, 7) is 4.37. The Bertz CT molecular complexity index is 266. The number of hydrogen-bond donors (Lipinski definition) is 1. The van der Waals surface area contributed by atoms with Crippen LogP contribution in [0.5, 0.6) is 0 Å². The van der Waals surface area contributed by atoms with Crippen LogP contribution in [0.25, 0.3) is 0 Å². The molecule has 0 aromatic heterocycles. The van der Waals surface area contributed by atoms with Gasteiger partial charge in [0, 0.05) is 19.6 Å². The lowest BCUT2D eigenvalue weighted by molar-refractivity contribution is -0.0156. The zero-order chi connectivity index (χ0) is 10.6. The highest BCUT2D eigenvalue weighted by molar-refractivity contribution is 7.89. The fraction of sp³-hybridized carbons (Fsp3) is 1.00. The van der Waals surface area contributed by atoms with Gasteiger partial charge in [-0.2, -0.15) is 0 Å². The first kappa shape index (κ1) is 11.9. The molecule has 84 valence electrons. The van der Waals surface area contributed by atoms with Gasteiger partial charge in [-0.25, -0.2) is 13.1 Å². The molecule has 0 aromatic rings. The van der Waals surface area contributed by atoms with E-state index in [4.69, 9.17) is 4.74 Å². The summed E-state index contributed by atoms with van der Waals surface area (Å²) in [5.74, 6) is 0.121. The number of nitrogens with zero attached hydrogens (tertiary/aromatic N) is 1. The van der Waals surface area contributed by atoms with E-state index in [1.165, 1.54) is 0 Å². The lowest BCUT2D eigenvalue weighted by Crippen LogP contribution is -2.46. The second kappa shape index (κ2) is 5.06. The molecule has 1 saturated heterocycles. The maximum absolute atomic E-state index is 11.1. The molecule has 1 aliphatic rings. The van der Waals surface area contributed by atoms with Gasteiger partial charge >= 0.3 is 0 Å². The number of morpholine rings is 1. The highest BCUT2D eigenvalue weighted by Crippen LogP contribution is 2.01. The molecular formula is C8H18N2O3S. The van der Waals surface area contributed by atoms with Gasteiger partial charge in [-0.1, -0.05) is 0 Å². The second-order valence-corrected chi connectivity index (χ2v) is 5.60. The molecule has 0 spiro atoms. The SMILES string of the molecule is CCS(=O)(=O)NCC1CN(C)CCO1. The van der Waals surface area contributed by atoms with E-state index in [1.54, 1.807) is 6.92 Å². The number of likely N-dealkylation sites (N-methyl/N-ethyl adjacent to an activating group) is 1. The van der Waals surface area contributed by atoms with E-state index in [2.05, 4.69) is 9.62 Å². The first-order valence-corrected chi connectivity index (χ1v) is 6.46. The Morgan fingerprint density at radius 1 is 1.57 bits per heavy atom. The lowest BCUT2D eigenvalue weighted by atomic mass is 10.3. The first-order valence-electron chi connectivity index (χ1n) is 4.81. The molecule has 1 atom stereocenters. The summed E-state index contributed by atoms with van der Waals surface area (Å²) in [7, 11) is -1.08. The highest BCUT2D eigenvalue weighted by Gasteiger charge is 2.19. The van der Waals surface area contributed by atoms with Gasteiger partial charge in [-0.05, 0) is 14.0 Å². The van der Waals surface area contributed by atoms with Crippen LogP contribution in [-0.2, 0) is 14.8 Å². The van der Waals surface area contributed by atoms with Crippen molar-refractivity contribution in [3.8, 4) is 0 Å². The van der Waals surface area contributed by atoms with Gasteiger partial charge in [-0.3, -0.25) is 0 Å². The predicted octanol–water partition coefficient (Wildman–Crippen LogP) is -0.744. The van der Waals surface area contributed by atoms with Crippen molar-refractivity contribution in [2.24, 2.45) is 0 Å². The summed E-state index contributed by atoms with van der Waals surface area (Å²) in [6, 6.07) is 0. The molecule has 5 nitrogen and oxygen atoms in total. The van der Waals surface area contributed by atoms with Crippen LogP contribution in [0, 0.1) is 0 Å². The maximum atomic E-state index is 11.1. The van der Waals surface area contributed by atoms with Gasteiger partial charge in [-0.15, -0.1) is 0 Å². The van der Waals surface area contributed by atoms with Crippen LogP contribution < -0.4 is 4.72 Å². The van der Waals surface area contributed by atoms with Gasteiger partial charge in [0.15, 0.2) is 0 Å². The molecule has 6 heteroatoms. The molecular weight excluding hydrogens is 204 g/mol. The van der Waals surface area contributed by atoms with Crippen LogP contribution in [0.2, 0.25) is 0 Å². The largest absolute Gasteiger partial charge is 0.374 e. The van der Waals surface area contributed by atoms with Crippen LogP contribution in [0.1, 0.15) is 6.92 Å². The van der Waals surface area contributed by atoms with Crippen molar-refractivity contribution < 1.29 is 13.2 Å². The molecule has 1 heterocycles. The van der Waals surface area contributed by atoms with Gasteiger partial charge in [0.1, 0.15) is 0 Å². The zero-order valence-corrected chi connectivity index (χ0v) is 9.51. The Hall–Kier alpha value is -0.170. The van der Waals surface area contributed by atoms with E-state index in [9.17, 15) is 8.42 Å². The topological polar surface area (TPSA) is 58.6 Å². The minimum absolute atomic E-state index is 0.0184. The first-order chi connectivity index (χ1) is 6.53. The summed E-state index contributed by atoms with van der Waals surface area (Å²) in [4.78, 5) is 2.13. The number of nitrogens with one attached hydrogen (secondary N) is 1. The maximum Gasteiger partial charge on any atom is 0.211 e. The number of ether oxygens (including phenoxy) is 1.